The Kier molecular flexibility index (Phi) is 1.40. The number of fused-ring (bicyclic) bond motifs is 1. The lowest BCUT2D eigenvalue weighted by Crippen LogP contribution is -2.00. The number of hydrogen-bond acceptors (Lipinski definition) is 3. The van der Waals surface area contributed by atoms with E-state index in [1.54, 1.807) is 6.20 Å². The van der Waals surface area contributed by atoms with Crippen LogP contribution in [0.25, 0.3) is 0 Å². The molecule has 0 amide bonds. The van der Waals surface area contributed by atoms with Gasteiger partial charge in [0.2, 0.25) is 0 Å². The molecule has 62 valence electrons. The highest BCUT2D eigenvalue weighted by Gasteiger charge is 2.24. The van der Waals surface area contributed by atoms with Crippen molar-refractivity contribution in [2.75, 3.05) is 0 Å². The third-order valence-electron chi connectivity index (χ3n) is 2.22. The van der Waals surface area contributed by atoms with Crippen molar-refractivity contribution < 1.29 is 9.53 Å². The van der Waals surface area contributed by atoms with E-state index in [0.717, 1.165) is 16.8 Å². The van der Waals surface area contributed by atoms with E-state index in [2.05, 4.69) is 4.98 Å². The zero-order chi connectivity index (χ0) is 8.72. The van der Waals surface area contributed by atoms with Gasteiger partial charge < -0.3 is 4.74 Å². The third-order valence-corrected chi connectivity index (χ3v) is 2.22. The standard InChI is InChI=1S/C9H9NO2/c1-5-6(2)10-3-7-4-12-9(11)8(5)7/h3H,4H2,1-2H3. The lowest BCUT2D eigenvalue weighted by atomic mass is 10.1. The Bertz CT molecular complexity index is 358. The van der Waals surface area contributed by atoms with Crippen LogP contribution in [0.15, 0.2) is 6.20 Å². The molecular weight excluding hydrogens is 154 g/mol. The molecule has 0 unspecified atom stereocenters. The minimum Gasteiger partial charge on any atom is -0.457 e. The summed E-state index contributed by atoms with van der Waals surface area (Å²) >= 11 is 0. The van der Waals surface area contributed by atoms with Crippen LogP contribution >= 0.6 is 0 Å². The summed E-state index contributed by atoms with van der Waals surface area (Å²) in [4.78, 5) is 15.3. The molecule has 12 heavy (non-hydrogen) atoms. The highest BCUT2D eigenvalue weighted by molar-refractivity contribution is 5.94. The maximum atomic E-state index is 11.2. The van der Waals surface area contributed by atoms with E-state index in [1.165, 1.54) is 0 Å². The van der Waals surface area contributed by atoms with Crippen LogP contribution in [0.3, 0.4) is 0 Å². The molecule has 2 rings (SSSR count). The molecule has 0 saturated heterocycles. The van der Waals surface area contributed by atoms with Gasteiger partial charge in [0.05, 0.1) is 5.56 Å². The number of carbonyl (C=O) groups is 1. The summed E-state index contributed by atoms with van der Waals surface area (Å²) < 4.78 is 4.88. The average molecular weight is 163 g/mol. The van der Waals surface area contributed by atoms with Crippen molar-refractivity contribution in [2.45, 2.75) is 20.5 Å². The monoisotopic (exact) mass is 163 g/mol. The number of esters is 1. The second-order valence-corrected chi connectivity index (χ2v) is 2.94. The Morgan fingerprint density at radius 1 is 1.50 bits per heavy atom. The average Bonchev–Trinajstić information content (AvgIpc) is 2.41. The van der Waals surface area contributed by atoms with Gasteiger partial charge in [-0.1, -0.05) is 0 Å². The number of hydrogen-bond donors (Lipinski definition) is 0. The summed E-state index contributed by atoms with van der Waals surface area (Å²) in [7, 11) is 0. The summed E-state index contributed by atoms with van der Waals surface area (Å²) in [6.45, 7) is 4.16. The molecule has 0 saturated carbocycles. The number of aromatic nitrogens is 1. The fourth-order valence-electron chi connectivity index (χ4n) is 1.37. The minimum absolute atomic E-state index is 0.215. The lowest BCUT2D eigenvalue weighted by Gasteiger charge is -2.01. The first-order chi connectivity index (χ1) is 5.70. The molecule has 1 aromatic heterocycles. The van der Waals surface area contributed by atoms with Gasteiger partial charge in [-0.15, -0.1) is 0 Å². The first kappa shape index (κ1) is 7.28. The quantitative estimate of drug-likeness (QED) is 0.542. The lowest BCUT2D eigenvalue weighted by molar-refractivity contribution is 0.0534. The predicted octanol–water partition coefficient (Wildman–Crippen LogP) is 1.37. The normalized spacial score (nSPS) is 14.3. The number of carbonyl (C=O) groups excluding carboxylic acids is 1. The first-order valence-corrected chi connectivity index (χ1v) is 3.82. The Morgan fingerprint density at radius 3 is 3.00 bits per heavy atom. The van der Waals surface area contributed by atoms with Gasteiger partial charge >= 0.3 is 5.97 Å². The van der Waals surface area contributed by atoms with Gasteiger partial charge in [0.1, 0.15) is 6.61 Å². The third kappa shape index (κ3) is 0.826. The molecule has 1 aromatic rings. The van der Waals surface area contributed by atoms with Crippen molar-refractivity contribution in [1.29, 1.82) is 0 Å². The zero-order valence-electron chi connectivity index (χ0n) is 7.05. The molecule has 0 aromatic carbocycles. The summed E-state index contributed by atoms with van der Waals surface area (Å²) in [6, 6.07) is 0. The second-order valence-electron chi connectivity index (χ2n) is 2.94. The molecule has 0 aliphatic carbocycles. The molecule has 3 nitrogen and oxygen atoms in total. The molecule has 0 atom stereocenters. The van der Waals surface area contributed by atoms with Gasteiger partial charge in [-0.3, -0.25) is 4.98 Å². The maximum absolute atomic E-state index is 11.2. The molecular formula is C9H9NO2. The van der Waals surface area contributed by atoms with E-state index in [4.69, 9.17) is 4.74 Å². The van der Waals surface area contributed by atoms with Gasteiger partial charge in [-0.05, 0) is 19.4 Å². The Hall–Kier alpha value is -1.38. The topological polar surface area (TPSA) is 39.2 Å². The van der Waals surface area contributed by atoms with E-state index < -0.39 is 0 Å². The second kappa shape index (κ2) is 2.30. The number of pyridine rings is 1. The van der Waals surface area contributed by atoms with Gasteiger partial charge in [-0.2, -0.15) is 0 Å². The molecule has 0 radical (unpaired) electrons. The van der Waals surface area contributed by atoms with Crippen LogP contribution in [-0.2, 0) is 11.3 Å². The summed E-state index contributed by atoms with van der Waals surface area (Å²) in [5.41, 5.74) is 3.45. The van der Waals surface area contributed by atoms with E-state index in [1.807, 2.05) is 13.8 Å². The minimum atomic E-state index is -0.215. The smallest absolute Gasteiger partial charge is 0.339 e. The van der Waals surface area contributed by atoms with Crippen LogP contribution in [0, 0.1) is 13.8 Å². The van der Waals surface area contributed by atoms with Gasteiger partial charge in [0.15, 0.2) is 0 Å². The number of cyclic esters (lactones) is 1. The maximum Gasteiger partial charge on any atom is 0.339 e. The summed E-state index contributed by atoms with van der Waals surface area (Å²) in [6.07, 6.45) is 1.71. The molecule has 0 spiro atoms. The van der Waals surface area contributed by atoms with Crippen molar-refractivity contribution in [2.24, 2.45) is 0 Å². The van der Waals surface area contributed by atoms with Crippen LogP contribution in [-0.4, -0.2) is 11.0 Å². The summed E-state index contributed by atoms with van der Waals surface area (Å²) in [5.74, 6) is -0.215. The predicted molar refractivity (Wildman–Crippen MR) is 42.8 cm³/mol. The molecule has 0 bridgehead atoms. The highest BCUT2D eigenvalue weighted by Crippen LogP contribution is 2.23. The SMILES string of the molecule is Cc1ncc2c(c1C)C(=O)OC2. The van der Waals surface area contributed by atoms with E-state index >= 15 is 0 Å². The van der Waals surface area contributed by atoms with E-state index in [0.29, 0.717) is 12.2 Å². The zero-order valence-corrected chi connectivity index (χ0v) is 7.05. The van der Waals surface area contributed by atoms with Crippen molar-refractivity contribution in [3.8, 4) is 0 Å². The van der Waals surface area contributed by atoms with Gasteiger partial charge in [0.25, 0.3) is 0 Å². The molecule has 1 aliphatic heterocycles. The molecule has 3 heteroatoms. The molecule has 2 heterocycles. The van der Waals surface area contributed by atoms with Crippen molar-refractivity contribution in [1.82, 2.24) is 4.98 Å². The molecule has 1 aliphatic rings. The van der Waals surface area contributed by atoms with E-state index in [9.17, 15) is 4.79 Å². The number of rotatable bonds is 0. The fraction of sp³-hybridized carbons (Fsp3) is 0.333. The molecule has 0 fully saturated rings. The number of aryl methyl sites for hydroxylation is 1. The van der Waals surface area contributed by atoms with Crippen LogP contribution in [0.1, 0.15) is 27.2 Å². The number of nitrogens with zero attached hydrogens (tertiary/aromatic N) is 1. The van der Waals surface area contributed by atoms with Crippen molar-refractivity contribution >= 4 is 5.97 Å². The first-order valence-electron chi connectivity index (χ1n) is 3.82. The Balaban J connectivity index is 2.71. The van der Waals surface area contributed by atoms with Crippen molar-refractivity contribution in [3.63, 3.8) is 0 Å². The summed E-state index contributed by atoms with van der Waals surface area (Å²) in [5, 5.41) is 0. The van der Waals surface area contributed by atoms with Gasteiger partial charge in [-0.25, -0.2) is 4.79 Å². The van der Waals surface area contributed by atoms with Gasteiger partial charge in [0, 0.05) is 17.5 Å². The van der Waals surface area contributed by atoms with Crippen LogP contribution in [0.5, 0.6) is 0 Å². The van der Waals surface area contributed by atoms with Crippen molar-refractivity contribution in [3.05, 3.63) is 28.6 Å². The fourth-order valence-corrected chi connectivity index (χ4v) is 1.37. The molecule has 0 N–H and O–H groups in total. The van der Waals surface area contributed by atoms with E-state index in [-0.39, 0.29) is 5.97 Å². The largest absolute Gasteiger partial charge is 0.457 e. The van der Waals surface area contributed by atoms with Crippen LogP contribution in [0.4, 0.5) is 0 Å². The Morgan fingerprint density at radius 2 is 2.25 bits per heavy atom. The van der Waals surface area contributed by atoms with Crippen LogP contribution < -0.4 is 0 Å². The Labute approximate surface area is 70.4 Å². The number of ether oxygens (including phenoxy) is 1. The van der Waals surface area contributed by atoms with Crippen LogP contribution in [0.2, 0.25) is 0 Å². The highest BCUT2D eigenvalue weighted by atomic mass is 16.5.